The number of carbonyl (C=O) groups excluding carboxylic acids is 2. The number of pyridine rings is 1. The van der Waals surface area contributed by atoms with Crippen molar-refractivity contribution >= 4 is 50.7 Å². The lowest BCUT2D eigenvalue weighted by Gasteiger charge is -2.07. The highest BCUT2D eigenvalue weighted by molar-refractivity contribution is 7.18. The third-order valence-corrected chi connectivity index (χ3v) is 5.21. The highest BCUT2D eigenvalue weighted by Gasteiger charge is 2.15. The Hall–Kier alpha value is -3.16. The number of hydrogen-bond acceptors (Lipinski definition) is 6. The highest BCUT2D eigenvalue weighted by Crippen LogP contribution is 2.25. The molecule has 0 aliphatic heterocycles. The first-order valence-electron chi connectivity index (χ1n) is 8.26. The molecule has 0 saturated heterocycles. The number of thiophene rings is 1. The van der Waals surface area contributed by atoms with Crippen molar-refractivity contribution in [3.63, 3.8) is 0 Å². The van der Waals surface area contributed by atoms with E-state index in [0.717, 1.165) is 22.2 Å². The molecule has 8 heteroatoms. The van der Waals surface area contributed by atoms with Gasteiger partial charge in [0.25, 0.3) is 5.91 Å². The van der Waals surface area contributed by atoms with Crippen LogP contribution >= 0.6 is 22.9 Å². The Morgan fingerprint density at radius 3 is 2.82 bits per heavy atom. The molecule has 3 heterocycles. The number of ether oxygens (including phenoxy) is 1. The smallest absolute Gasteiger partial charge is 0.348 e. The Morgan fingerprint density at radius 2 is 2.00 bits per heavy atom. The van der Waals surface area contributed by atoms with Crippen LogP contribution in [0.2, 0.25) is 5.15 Å². The fraction of sp³-hybridized carbons (Fsp3) is 0.0500. The van der Waals surface area contributed by atoms with Gasteiger partial charge in [0.2, 0.25) is 0 Å². The van der Waals surface area contributed by atoms with E-state index in [4.69, 9.17) is 20.8 Å². The number of para-hydroxylation sites is 1. The van der Waals surface area contributed by atoms with Crippen LogP contribution in [0.4, 0.5) is 5.00 Å². The van der Waals surface area contributed by atoms with Crippen molar-refractivity contribution in [1.82, 2.24) is 4.98 Å². The van der Waals surface area contributed by atoms with Gasteiger partial charge in [-0.3, -0.25) is 4.79 Å². The second-order valence-corrected chi connectivity index (χ2v) is 7.24. The van der Waals surface area contributed by atoms with E-state index < -0.39 is 5.97 Å². The number of halogens is 1. The molecule has 0 unspecified atom stereocenters. The van der Waals surface area contributed by atoms with E-state index >= 15 is 0 Å². The maximum atomic E-state index is 12.3. The van der Waals surface area contributed by atoms with Gasteiger partial charge < -0.3 is 14.5 Å². The van der Waals surface area contributed by atoms with Gasteiger partial charge in [-0.1, -0.05) is 29.8 Å². The van der Waals surface area contributed by atoms with Crippen molar-refractivity contribution in [2.45, 2.75) is 6.61 Å². The number of anilines is 1. The zero-order chi connectivity index (χ0) is 19.5. The van der Waals surface area contributed by atoms with Gasteiger partial charge in [-0.05, 0) is 36.4 Å². The predicted octanol–water partition coefficient (Wildman–Crippen LogP) is 5.15. The van der Waals surface area contributed by atoms with Gasteiger partial charge in [0.1, 0.15) is 16.6 Å². The number of carbonyl (C=O) groups is 2. The van der Waals surface area contributed by atoms with E-state index in [0.29, 0.717) is 20.6 Å². The number of aromatic nitrogens is 1. The van der Waals surface area contributed by atoms with Crippen LogP contribution in [0.5, 0.6) is 0 Å². The molecule has 28 heavy (non-hydrogen) atoms. The van der Waals surface area contributed by atoms with Crippen molar-refractivity contribution in [1.29, 1.82) is 0 Å². The largest absolute Gasteiger partial charge is 0.459 e. The third-order valence-electron chi connectivity index (χ3n) is 3.90. The number of esters is 1. The molecule has 4 aromatic rings. The molecule has 0 spiro atoms. The van der Waals surface area contributed by atoms with Gasteiger partial charge in [0.15, 0.2) is 5.76 Å². The summed E-state index contributed by atoms with van der Waals surface area (Å²) in [7, 11) is 0. The molecule has 0 radical (unpaired) electrons. The molecule has 0 bridgehead atoms. The Balaban J connectivity index is 1.41. The zero-order valence-electron chi connectivity index (χ0n) is 14.3. The number of nitrogens with one attached hydrogen (secondary N) is 1. The van der Waals surface area contributed by atoms with Gasteiger partial charge in [-0.2, -0.15) is 0 Å². The van der Waals surface area contributed by atoms with Gasteiger partial charge in [-0.15, -0.1) is 11.3 Å². The summed E-state index contributed by atoms with van der Waals surface area (Å²) < 4.78 is 10.4. The number of amides is 1. The number of benzene rings is 1. The van der Waals surface area contributed by atoms with Gasteiger partial charge in [0.05, 0.1) is 16.8 Å². The second kappa shape index (κ2) is 7.84. The van der Waals surface area contributed by atoms with Gasteiger partial charge in [-0.25, -0.2) is 9.78 Å². The van der Waals surface area contributed by atoms with Crippen molar-refractivity contribution in [2.24, 2.45) is 0 Å². The van der Waals surface area contributed by atoms with Crippen LogP contribution in [0.1, 0.15) is 25.8 Å². The summed E-state index contributed by atoms with van der Waals surface area (Å²) in [5, 5.41) is 4.39. The number of furan rings is 1. The maximum absolute atomic E-state index is 12.3. The van der Waals surface area contributed by atoms with Crippen LogP contribution < -0.4 is 5.32 Å². The molecule has 6 nitrogen and oxygen atoms in total. The lowest BCUT2D eigenvalue weighted by atomic mass is 10.2. The molecular formula is C20H13ClN2O4S. The lowest BCUT2D eigenvalue weighted by molar-refractivity contribution is 0.0478. The summed E-state index contributed by atoms with van der Waals surface area (Å²) in [6.45, 7) is 0.00148. The Labute approximate surface area is 168 Å². The highest BCUT2D eigenvalue weighted by atomic mass is 35.5. The second-order valence-electron chi connectivity index (χ2n) is 5.80. The van der Waals surface area contributed by atoms with Gasteiger partial charge in [0, 0.05) is 10.9 Å². The molecule has 0 saturated carbocycles. The molecule has 1 N–H and O–H groups in total. The van der Waals surface area contributed by atoms with E-state index in [2.05, 4.69) is 10.3 Å². The summed E-state index contributed by atoms with van der Waals surface area (Å²) in [5.41, 5.74) is 1.40. The maximum Gasteiger partial charge on any atom is 0.348 e. The minimum atomic E-state index is -0.507. The molecular weight excluding hydrogens is 400 g/mol. The molecule has 0 aliphatic carbocycles. The van der Waals surface area contributed by atoms with E-state index in [9.17, 15) is 9.59 Å². The molecule has 1 amide bonds. The van der Waals surface area contributed by atoms with Crippen molar-refractivity contribution in [2.75, 3.05) is 5.32 Å². The van der Waals surface area contributed by atoms with Crippen molar-refractivity contribution in [3.05, 3.63) is 82.2 Å². The van der Waals surface area contributed by atoms with Crippen LogP contribution in [-0.4, -0.2) is 16.9 Å². The molecule has 1 aromatic carbocycles. The zero-order valence-corrected chi connectivity index (χ0v) is 15.9. The molecule has 140 valence electrons. The summed E-state index contributed by atoms with van der Waals surface area (Å²) in [5.74, 6) is -0.704. The van der Waals surface area contributed by atoms with Crippen molar-refractivity contribution in [3.8, 4) is 0 Å². The van der Waals surface area contributed by atoms with E-state index in [-0.39, 0.29) is 18.3 Å². The average Bonchev–Trinajstić information content (AvgIpc) is 3.38. The number of hydrogen-bond donors (Lipinski definition) is 1. The van der Waals surface area contributed by atoms with E-state index in [1.165, 1.54) is 6.26 Å². The van der Waals surface area contributed by atoms with E-state index in [1.54, 1.807) is 24.3 Å². The minimum absolute atomic E-state index is 0.00148. The molecule has 0 fully saturated rings. The number of rotatable bonds is 5. The molecule has 4 rings (SSSR count). The third kappa shape index (κ3) is 3.90. The summed E-state index contributed by atoms with van der Waals surface area (Å²) in [6.07, 6.45) is 1.42. The Kier molecular flexibility index (Phi) is 5.10. The van der Waals surface area contributed by atoms with Crippen LogP contribution in [-0.2, 0) is 11.3 Å². The fourth-order valence-corrected chi connectivity index (χ4v) is 3.54. The van der Waals surface area contributed by atoms with Gasteiger partial charge >= 0.3 is 5.97 Å². The normalized spacial score (nSPS) is 10.8. The topological polar surface area (TPSA) is 81.4 Å². The first-order valence-corrected chi connectivity index (χ1v) is 9.45. The van der Waals surface area contributed by atoms with Crippen LogP contribution in [0.15, 0.2) is 65.3 Å². The summed E-state index contributed by atoms with van der Waals surface area (Å²) in [6, 6.07) is 15.8. The van der Waals surface area contributed by atoms with Crippen molar-refractivity contribution < 1.29 is 18.7 Å². The first-order chi connectivity index (χ1) is 13.6. The summed E-state index contributed by atoms with van der Waals surface area (Å²) >= 11 is 7.30. The molecule has 3 aromatic heterocycles. The summed E-state index contributed by atoms with van der Waals surface area (Å²) in [4.78, 5) is 29.0. The molecule has 0 atom stereocenters. The monoisotopic (exact) mass is 412 g/mol. The predicted molar refractivity (Wildman–Crippen MR) is 107 cm³/mol. The average molecular weight is 413 g/mol. The number of nitrogens with zero attached hydrogens (tertiary/aromatic N) is 1. The Bertz CT molecular complexity index is 1150. The lowest BCUT2D eigenvalue weighted by Crippen LogP contribution is -2.09. The SMILES string of the molecule is O=C(Nc1ccc(C(=O)OCc2cc3ccccc3nc2Cl)s1)c1ccco1. The van der Waals surface area contributed by atoms with E-state index in [1.807, 2.05) is 30.3 Å². The standard InChI is InChI=1S/C20H13ClN2O4S/c21-18-13(10-12-4-1-2-5-14(12)22-18)11-27-20(25)16-7-8-17(28-16)23-19(24)15-6-3-9-26-15/h1-10H,11H2,(H,23,24). The van der Waals surface area contributed by atoms with Crippen LogP contribution in [0.25, 0.3) is 10.9 Å². The molecule has 0 aliphatic rings. The fourth-order valence-electron chi connectivity index (χ4n) is 2.55. The van der Waals surface area contributed by atoms with Crippen LogP contribution in [0.3, 0.4) is 0 Å². The Morgan fingerprint density at radius 1 is 1.14 bits per heavy atom. The van der Waals surface area contributed by atoms with Crippen LogP contribution in [0, 0.1) is 0 Å². The number of fused-ring (bicyclic) bond motifs is 1. The minimum Gasteiger partial charge on any atom is -0.459 e. The first kappa shape index (κ1) is 18.2. The quantitative estimate of drug-likeness (QED) is 0.362.